The largest absolute Gasteiger partial charge is 0.354 e. The number of para-hydroxylation sites is 2. The van der Waals surface area contributed by atoms with Crippen molar-refractivity contribution in [3.05, 3.63) is 30.1 Å². The number of nitrogens with zero attached hydrogens (tertiary/aromatic N) is 4. The zero-order chi connectivity index (χ0) is 19.5. The van der Waals surface area contributed by atoms with Crippen LogP contribution in [0.4, 0.5) is 0 Å². The Morgan fingerprint density at radius 2 is 2.04 bits per heavy atom. The molecule has 0 spiro atoms. The Bertz CT molecular complexity index is 1030. The van der Waals surface area contributed by atoms with Crippen molar-refractivity contribution in [1.82, 2.24) is 14.9 Å². The second-order valence-corrected chi connectivity index (χ2v) is 8.80. The lowest BCUT2D eigenvalue weighted by molar-refractivity contribution is -0.121. The SMILES string of the molecule is C#CCCC1(CCNC(=O)Cn2c(CS(C)(=O)=O)nc3ccccc32)N=N1. The molecule has 1 aliphatic rings. The summed E-state index contributed by atoms with van der Waals surface area (Å²) in [5.41, 5.74) is 0.944. The number of aromatic nitrogens is 2. The van der Waals surface area contributed by atoms with E-state index < -0.39 is 15.5 Å². The minimum atomic E-state index is -3.28. The van der Waals surface area contributed by atoms with Crippen LogP contribution < -0.4 is 5.32 Å². The van der Waals surface area contributed by atoms with Gasteiger partial charge in [-0.3, -0.25) is 4.79 Å². The van der Waals surface area contributed by atoms with Crippen molar-refractivity contribution in [3.8, 4) is 12.3 Å². The van der Waals surface area contributed by atoms with Gasteiger partial charge in [0.05, 0.1) is 11.0 Å². The van der Waals surface area contributed by atoms with E-state index in [0.29, 0.717) is 37.1 Å². The molecule has 0 bridgehead atoms. The maximum Gasteiger partial charge on any atom is 0.240 e. The zero-order valence-electron chi connectivity index (χ0n) is 15.1. The van der Waals surface area contributed by atoms with Crippen molar-refractivity contribution in [3.63, 3.8) is 0 Å². The smallest absolute Gasteiger partial charge is 0.240 e. The highest BCUT2D eigenvalue weighted by molar-refractivity contribution is 7.89. The molecule has 0 unspecified atom stereocenters. The van der Waals surface area contributed by atoms with E-state index in [9.17, 15) is 13.2 Å². The van der Waals surface area contributed by atoms with E-state index in [1.54, 1.807) is 10.6 Å². The van der Waals surface area contributed by atoms with Gasteiger partial charge < -0.3 is 9.88 Å². The number of imidazole rings is 1. The van der Waals surface area contributed by atoms with Crippen molar-refractivity contribution < 1.29 is 13.2 Å². The fourth-order valence-electron chi connectivity index (χ4n) is 2.92. The number of nitrogens with one attached hydrogen (secondary N) is 1. The maximum atomic E-state index is 12.4. The van der Waals surface area contributed by atoms with Gasteiger partial charge in [-0.25, -0.2) is 13.4 Å². The molecule has 2 heterocycles. The highest BCUT2D eigenvalue weighted by atomic mass is 32.2. The molecule has 1 amide bonds. The molecule has 0 aliphatic carbocycles. The third-order valence-corrected chi connectivity index (χ3v) is 5.11. The first kappa shape index (κ1) is 19.0. The molecule has 1 aromatic carbocycles. The van der Waals surface area contributed by atoms with Gasteiger partial charge in [-0.1, -0.05) is 12.1 Å². The maximum absolute atomic E-state index is 12.4. The average Bonchev–Trinajstić information content (AvgIpc) is 3.29. The lowest BCUT2D eigenvalue weighted by atomic mass is 10.0. The molecule has 9 heteroatoms. The second-order valence-electron chi connectivity index (χ2n) is 6.66. The van der Waals surface area contributed by atoms with Gasteiger partial charge in [0.25, 0.3) is 0 Å². The Labute approximate surface area is 158 Å². The van der Waals surface area contributed by atoms with Gasteiger partial charge in [-0.15, -0.1) is 12.3 Å². The van der Waals surface area contributed by atoms with E-state index in [-0.39, 0.29) is 18.2 Å². The van der Waals surface area contributed by atoms with E-state index in [4.69, 9.17) is 6.42 Å². The summed E-state index contributed by atoms with van der Waals surface area (Å²) < 4.78 is 25.0. The number of rotatable bonds is 9. The zero-order valence-corrected chi connectivity index (χ0v) is 15.9. The molecular weight excluding hydrogens is 366 g/mol. The number of benzene rings is 1. The quantitative estimate of drug-likeness (QED) is 0.661. The molecule has 142 valence electrons. The molecule has 1 aliphatic heterocycles. The molecule has 27 heavy (non-hydrogen) atoms. The monoisotopic (exact) mass is 387 g/mol. The van der Waals surface area contributed by atoms with Crippen LogP contribution in [0, 0.1) is 12.3 Å². The van der Waals surface area contributed by atoms with Gasteiger partial charge in [0.15, 0.2) is 15.5 Å². The molecule has 0 atom stereocenters. The summed E-state index contributed by atoms with van der Waals surface area (Å²) in [4.78, 5) is 16.8. The number of carbonyl (C=O) groups excluding carboxylic acids is 1. The number of hydrogen-bond donors (Lipinski definition) is 1. The van der Waals surface area contributed by atoms with Crippen LogP contribution in [-0.2, 0) is 26.9 Å². The van der Waals surface area contributed by atoms with Crippen LogP contribution in [0.25, 0.3) is 11.0 Å². The molecule has 1 aromatic heterocycles. The molecule has 0 saturated carbocycles. The van der Waals surface area contributed by atoms with Crippen molar-refractivity contribution in [2.75, 3.05) is 12.8 Å². The second kappa shape index (κ2) is 7.48. The molecule has 8 nitrogen and oxygen atoms in total. The van der Waals surface area contributed by atoms with E-state index in [2.05, 4.69) is 26.4 Å². The highest BCUT2D eigenvalue weighted by Crippen LogP contribution is 2.36. The van der Waals surface area contributed by atoms with E-state index >= 15 is 0 Å². The van der Waals surface area contributed by atoms with E-state index in [1.165, 1.54) is 0 Å². The van der Waals surface area contributed by atoms with Gasteiger partial charge in [0, 0.05) is 32.1 Å². The molecule has 2 aromatic rings. The molecule has 0 radical (unpaired) electrons. The van der Waals surface area contributed by atoms with Crippen LogP contribution in [0.3, 0.4) is 0 Å². The molecule has 1 N–H and O–H groups in total. The summed E-state index contributed by atoms with van der Waals surface area (Å²) in [6.45, 7) is 0.418. The summed E-state index contributed by atoms with van der Waals surface area (Å²) in [7, 11) is -3.28. The highest BCUT2D eigenvalue weighted by Gasteiger charge is 2.38. The standard InChI is InChI=1S/C18H21N5O3S/c1-3-4-9-18(21-22-18)10-11-19-17(24)12-23-15-8-6-5-7-14(15)20-16(23)13-27(2,25)26/h1,5-8H,4,9-13H2,2H3,(H,19,24). The van der Waals surface area contributed by atoms with Crippen LogP contribution in [-0.4, -0.2) is 42.3 Å². The first-order chi connectivity index (χ1) is 12.8. The molecule has 3 rings (SSSR count). The Morgan fingerprint density at radius 3 is 2.70 bits per heavy atom. The van der Waals surface area contributed by atoms with Gasteiger partial charge in [0.2, 0.25) is 5.91 Å². The van der Waals surface area contributed by atoms with Gasteiger partial charge in [0.1, 0.15) is 18.1 Å². The van der Waals surface area contributed by atoms with Crippen molar-refractivity contribution in [2.45, 2.75) is 37.2 Å². The van der Waals surface area contributed by atoms with Gasteiger partial charge >= 0.3 is 0 Å². The number of carbonyl (C=O) groups is 1. The summed E-state index contributed by atoms with van der Waals surface area (Å²) in [6, 6.07) is 7.26. The van der Waals surface area contributed by atoms with Crippen LogP contribution in [0.1, 0.15) is 25.1 Å². The van der Waals surface area contributed by atoms with Crippen molar-refractivity contribution in [2.24, 2.45) is 10.2 Å². The van der Waals surface area contributed by atoms with E-state index in [1.807, 2.05) is 18.2 Å². The fraction of sp³-hybridized carbons (Fsp3) is 0.444. The Hall–Kier alpha value is -2.73. The third-order valence-electron chi connectivity index (χ3n) is 4.33. The Morgan fingerprint density at radius 1 is 1.30 bits per heavy atom. The predicted octanol–water partition coefficient (Wildman–Crippen LogP) is 1.66. The Kier molecular flexibility index (Phi) is 5.28. The van der Waals surface area contributed by atoms with Crippen LogP contribution in [0.5, 0.6) is 0 Å². The molecule has 0 saturated heterocycles. The van der Waals surface area contributed by atoms with Gasteiger partial charge in [-0.2, -0.15) is 10.2 Å². The third kappa shape index (κ3) is 4.92. The molecular formula is C18H21N5O3S. The minimum Gasteiger partial charge on any atom is -0.354 e. The van der Waals surface area contributed by atoms with Crippen LogP contribution in [0.2, 0.25) is 0 Å². The lowest BCUT2D eigenvalue weighted by Crippen LogP contribution is -2.31. The number of terminal acetylenes is 1. The molecule has 0 fully saturated rings. The minimum absolute atomic E-state index is 0.00297. The first-order valence-corrected chi connectivity index (χ1v) is 10.6. The Balaban J connectivity index is 1.66. The normalized spacial score (nSPS) is 14.8. The van der Waals surface area contributed by atoms with E-state index in [0.717, 1.165) is 11.8 Å². The average molecular weight is 387 g/mol. The number of sulfone groups is 1. The summed E-state index contributed by atoms with van der Waals surface area (Å²) in [5, 5.41) is 10.9. The van der Waals surface area contributed by atoms with Crippen LogP contribution >= 0.6 is 0 Å². The summed E-state index contributed by atoms with van der Waals surface area (Å²) in [6.07, 6.45) is 8.29. The summed E-state index contributed by atoms with van der Waals surface area (Å²) in [5.74, 6) is 2.48. The first-order valence-electron chi connectivity index (χ1n) is 8.58. The fourth-order valence-corrected chi connectivity index (χ4v) is 3.61. The topological polar surface area (TPSA) is 106 Å². The van der Waals surface area contributed by atoms with Crippen LogP contribution in [0.15, 0.2) is 34.5 Å². The lowest BCUT2D eigenvalue weighted by Gasteiger charge is -2.12. The summed E-state index contributed by atoms with van der Waals surface area (Å²) >= 11 is 0. The van der Waals surface area contributed by atoms with Gasteiger partial charge in [-0.05, 0) is 12.1 Å². The number of fused-ring (bicyclic) bond motifs is 1. The predicted molar refractivity (Wildman–Crippen MR) is 102 cm³/mol. The number of amides is 1. The van der Waals surface area contributed by atoms with Crippen molar-refractivity contribution >= 4 is 26.8 Å². The van der Waals surface area contributed by atoms with Crippen molar-refractivity contribution in [1.29, 1.82) is 0 Å². The number of hydrogen-bond acceptors (Lipinski definition) is 6.